The number of amides is 2. The number of para-hydroxylation sites is 4. The third kappa shape index (κ3) is 5.52. The van der Waals surface area contributed by atoms with Crippen molar-refractivity contribution in [3.8, 4) is 11.5 Å². The fourth-order valence-corrected chi connectivity index (χ4v) is 3.26. The Morgan fingerprint density at radius 3 is 1.68 bits per heavy atom. The summed E-state index contributed by atoms with van der Waals surface area (Å²) in [5.74, 6) is -0.178. The normalized spacial score (nSPS) is 10.0. The van der Waals surface area contributed by atoms with Gasteiger partial charge in [-0.3, -0.25) is 9.59 Å². The van der Waals surface area contributed by atoms with Gasteiger partial charge in [-0.1, -0.05) is 58.4 Å². The number of ether oxygens (including phenoxy) is 2. The molecule has 7 heteroatoms. The van der Waals surface area contributed by atoms with Crippen LogP contribution >= 0.6 is 15.9 Å². The molecule has 0 bridgehead atoms. The molecule has 31 heavy (non-hydrogen) atoms. The first-order valence-electron chi connectivity index (χ1n) is 9.38. The van der Waals surface area contributed by atoms with E-state index < -0.39 is 11.8 Å². The number of hydrogen-bond acceptors (Lipinski definition) is 4. The summed E-state index contributed by atoms with van der Waals surface area (Å²) in [5.41, 5.74) is 1.52. The minimum Gasteiger partial charge on any atom is -0.495 e. The topological polar surface area (TPSA) is 76.7 Å². The van der Waals surface area contributed by atoms with E-state index in [9.17, 15) is 9.59 Å². The molecule has 3 aromatic carbocycles. The Bertz CT molecular complexity index is 1060. The molecule has 0 heterocycles. The van der Waals surface area contributed by atoms with Crippen molar-refractivity contribution in [2.75, 3.05) is 24.9 Å². The van der Waals surface area contributed by atoms with Crippen molar-refractivity contribution in [3.63, 3.8) is 0 Å². The molecule has 3 rings (SSSR count). The molecule has 0 saturated heterocycles. The number of carbonyl (C=O) groups is 2. The highest BCUT2D eigenvalue weighted by molar-refractivity contribution is 9.10. The van der Waals surface area contributed by atoms with E-state index in [0.29, 0.717) is 28.4 Å². The summed E-state index contributed by atoms with van der Waals surface area (Å²) < 4.78 is 11.3. The van der Waals surface area contributed by atoms with Gasteiger partial charge >= 0.3 is 0 Å². The van der Waals surface area contributed by atoms with E-state index in [1.807, 2.05) is 18.2 Å². The lowest BCUT2D eigenvalue weighted by atomic mass is 10.1. The number of benzene rings is 3. The highest BCUT2D eigenvalue weighted by Gasteiger charge is 2.21. The van der Waals surface area contributed by atoms with Gasteiger partial charge in [0.05, 0.1) is 25.6 Å². The SMILES string of the molecule is COc1ccccc1NC(=O)C(=Cc1ccccc1Br)C(=O)Nc1ccccc1OC. The van der Waals surface area contributed by atoms with E-state index in [4.69, 9.17) is 9.47 Å². The molecule has 0 aliphatic carbocycles. The van der Waals surface area contributed by atoms with Gasteiger partial charge in [0.1, 0.15) is 17.1 Å². The van der Waals surface area contributed by atoms with E-state index in [1.54, 1.807) is 54.6 Å². The molecule has 0 aliphatic rings. The molecule has 6 nitrogen and oxygen atoms in total. The van der Waals surface area contributed by atoms with Gasteiger partial charge in [0.2, 0.25) is 0 Å². The van der Waals surface area contributed by atoms with Crippen molar-refractivity contribution < 1.29 is 19.1 Å². The van der Waals surface area contributed by atoms with Crippen LogP contribution in [0.5, 0.6) is 11.5 Å². The van der Waals surface area contributed by atoms with Crippen molar-refractivity contribution in [2.45, 2.75) is 0 Å². The Morgan fingerprint density at radius 1 is 0.742 bits per heavy atom. The van der Waals surface area contributed by atoms with Crippen LogP contribution in [-0.2, 0) is 9.59 Å². The lowest BCUT2D eigenvalue weighted by Crippen LogP contribution is -2.25. The van der Waals surface area contributed by atoms with Gasteiger partial charge in [-0.15, -0.1) is 0 Å². The van der Waals surface area contributed by atoms with Crippen LogP contribution in [0.1, 0.15) is 5.56 Å². The zero-order valence-corrected chi connectivity index (χ0v) is 18.6. The Kier molecular flexibility index (Phi) is 7.45. The summed E-state index contributed by atoms with van der Waals surface area (Å²) in [4.78, 5) is 26.3. The van der Waals surface area contributed by atoms with Crippen molar-refractivity contribution in [1.82, 2.24) is 0 Å². The summed E-state index contributed by atoms with van der Waals surface area (Å²) in [5, 5.41) is 5.51. The van der Waals surface area contributed by atoms with Gasteiger partial charge in [-0.2, -0.15) is 0 Å². The maximum absolute atomic E-state index is 13.1. The number of carbonyl (C=O) groups excluding carboxylic acids is 2. The smallest absolute Gasteiger partial charge is 0.261 e. The van der Waals surface area contributed by atoms with E-state index in [0.717, 1.165) is 4.47 Å². The quantitative estimate of drug-likeness (QED) is 0.279. The lowest BCUT2D eigenvalue weighted by molar-refractivity contribution is -0.118. The van der Waals surface area contributed by atoms with Crippen molar-refractivity contribution in [1.29, 1.82) is 0 Å². The van der Waals surface area contributed by atoms with Crippen LogP contribution < -0.4 is 20.1 Å². The van der Waals surface area contributed by atoms with Crippen molar-refractivity contribution in [2.24, 2.45) is 0 Å². The first-order valence-corrected chi connectivity index (χ1v) is 10.2. The zero-order valence-electron chi connectivity index (χ0n) is 17.0. The molecule has 0 aliphatic heterocycles. The monoisotopic (exact) mass is 480 g/mol. The predicted molar refractivity (Wildman–Crippen MR) is 125 cm³/mol. The lowest BCUT2D eigenvalue weighted by Gasteiger charge is -2.14. The third-order valence-corrected chi connectivity index (χ3v) is 5.13. The largest absolute Gasteiger partial charge is 0.495 e. The van der Waals surface area contributed by atoms with E-state index in [2.05, 4.69) is 26.6 Å². The van der Waals surface area contributed by atoms with Gasteiger partial charge in [-0.25, -0.2) is 0 Å². The van der Waals surface area contributed by atoms with E-state index in [1.165, 1.54) is 20.3 Å². The second-order valence-electron chi connectivity index (χ2n) is 6.39. The third-order valence-electron chi connectivity index (χ3n) is 4.40. The summed E-state index contributed by atoms with van der Waals surface area (Å²) in [6.07, 6.45) is 1.53. The molecule has 0 atom stereocenters. The number of halogens is 1. The minimum atomic E-state index is -0.576. The molecule has 0 saturated carbocycles. The Morgan fingerprint density at radius 2 is 1.19 bits per heavy atom. The van der Waals surface area contributed by atoms with E-state index >= 15 is 0 Å². The molecule has 0 fully saturated rings. The fourth-order valence-electron chi connectivity index (χ4n) is 2.86. The Hall–Kier alpha value is -3.58. The molecule has 2 N–H and O–H groups in total. The van der Waals surface area contributed by atoms with Gasteiger partial charge in [0.15, 0.2) is 0 Å². The van der Waals surface area contributed by atoms with Gasteiger partial charge in [-0.05, 0) is 42.0 Å². The van der Waals surface area contributed by atoms with Crippen LogP contribution in [0.3, 0.4) is 0 Å². The maximum atomic E-state index is 13.1. The Labute approximate surface area is 189 Å². The Balaban J connectivity index is 1.97. The molecule has 158 valence electrons. The first-order chi connectivity index (χ1) is 15.0. The number of anilines is 2. The van der Waals surface area contributed by atoms with Crippen LogP contribution in [0.4, 0.5) is 11.4 Å². The fraction of sp³-hybridized carbons (Fsp3) is 0.0833. The maximum Gasteiger partial charge on any atom is 0.261 e. The molecule has 0 unspecified atom stereocenters. The van der Waals surface area contributed by atoms with Crippen LogP contribution in [0.25, 0.3) is 6.08 Å². The summed E-state index contributed by atoms with van der Waals surface area (Å²) in [7, 11) is 3.02. The van der Waals surface area contributed by atoms with Crippen molar-refractivity contribution in [3.05, 3.63) is 88.4 Å². The molecule has 0 aromatic heterocycles. The average Bonchev–Trinajstić information content (AvgIpc) is 2.79. The van der Waals surface area contributed by atoms with Crippen LogP contribution in [-0.4, -0.2) is 26.0 Å². The minimum absolute atomic E-state index is 0.0799. The standard InChI is InChI=1S/C24H21BrN2O4/c1-30-21-13-7-5-11-19(21)26-23(28)17(15-16-9-3-4-10-18(16)25)24(29)27-20-12-6-8-14-22(20)31-2/h3-15H,1-2H3,(H,26,28)(H,27,29). The van der Waals surface area contributed by atoms with E-state index in [-0.39, 0.29) is 5.57 Å². The summed E-state index contributed by atoms with van der Waals surface area (Å²) >= 11 is 3.45. The number of methoxy groups -OCH3 is 2. The number of hydrogen-bond donors (Lipinski definition) is 2. The molecular formula is C24H21BrN2O4. The van der Waals surface area contributed by atoms with Gasteiger partial charge in [0.25, 0.3) is 11.8 Å². The molecule has 0 radical (unpaired) electrons. The molecule has 0 spiro atoms. The highest BCUT2D eigenvalue weighted by Crippen LogP contribution is 2.27. The van der Waals surface area contributed by atoms with Crippen LogP contribution in [0, 0.1) is 0 Å². The molecule has 3 aromatic rings. The van der Waals surface area contributed by atoms with Gasteiger partial charge < -0.3 is 20.1 Å². The average molecular weight is 481 g/mol. The van der Waals surface area contributed by atoms with Gasteiger partial charge in [0, 0.05) is 4.47 Å². The molecular weight excluding hydrogens is 460 g/mol. The van der Waals surface area contributed by atoms with Crippen LogP contribution in [0.2, 0.25) is 0 Å². The number of rotatable bonds is 7. The second kappa shape index (κ2) is 10.4. The molecule has 2 amide bonds. The highest BCUT2D eigenvalue weighted by atomic mass is 79.9. The first kappa shape index (κ1) is 22.1. The summed E-state index contributed by atoms with van der Waals surface area (Å²) in [6.45, 7) is 0. The van der Waals surface area contributed by atoms with Crippen LogP contribution in [0.15, 0.2) is 82.8 Å². The zero-order chi connectivity index (χ0) is 22.2. The summed E-state index contributed by atoms with van der Waals surface area (Å²) in [6, 6.07) is 21.3. The predicted octanol–water partition coefficient (Wildman–Crippen LogP) is 5.13. The number of nitrogens with one attached hydrogen (secondary N) is 2. The second-order valence-corrected chi connectivity index (χ2v) is 7.24. The van der Waals surface area contributed by atoms with Crippen molar-refractivity contribution >= 4 is 45.2 Å².